The Labute approximate surface area is 132 Å². The van der Waals surface area contributed by atoms with Crippen LogP contribution < -0.4 is 5.32 Å². The van der Waals surface area contributed by atoms with Gasteiger partial charge in [-0.25, -0.2) is 0 Å². The van der Waals surface area contributed by atoms with E-state index in [0.29, 0.717) is 0 Å². The number of benzene rings is 2. The summed E-state index contributed by atoms with van der Waals surface area (Å²) in [6.07, 6.45) is 0. The second kappa shape index (κ2) is 7.09. The van der Waals surface area contributed by atoms with Crippen LogP contribution in [0.5, 0.6) is 0 Å². The first-order valence-electron chi connectivity index (χ1n) is 6.75. The number of amides is 1. The van der Waals surface area contributed by atoms with Gasteiger partial charge in [0.15, 0.2) is 0 Å². The molecule has 0 saturated carbocycles. The van der Waals surface area contributed by atoms with E-state index in [4.69, 9.17) is 0 Å². The summed E-state index contributed by atoms with van der Waals surface area (Å²) >= 11 is 1.36. The Balaban J connectivity index is 1.99. The number of nitro benzene ring substituents is 1. The van der Waals surface area contributed by atoms with Crippen LogP contribution in [0.4, 0.5) is 11.4 Å². The number of anilines is 1. The topological polar surface area (TPSA) is 72.2 Å². The number of thioether (sulfide) groups is 1. The molecule has 2 aromatic rings. The average Bonchev–Trinajstić information content (AvgIpc) is 2.50. The van der Waals surface area contributed by atoms with Gasteiger partial charge in [0, 0.05) is 22.7 Å². The van der Waals surface area contributed by atoms with Crippen LogP contribution in [0.3, 0.4) is 0 Å². The molecule has 0 heterocycles. The quantitative estimate of drug-likeness (QED) is 0.513. The molecule has 0 spiro atoms. The molecule has 0 radical (unpaired) electrons. The highest BCUT2D eigenvalue weighted by atomic mass is 32.2. The van der Waals surface area contributed by atoms with Crippen molar-refractivity contribution < 1.29 is 9.72 Å². The van der Waals surface area contributed by atoms with E-state index in [1.807, 2.05) is 31.2 Å². The third-order valence-electron chi connectivity index (χ3n) is 3.13. The number of carbonyl (C=O) groups excluding carboxylic acids is 1. The minimum atomic E-state index is -0.442. The summed E-state index contributed by atoms with van der Waals surface area (Å²) in [5.41, 5.74) is 1.84. The molecule has 22 heavy (non-hydrogen) atoms. The van der Waals surface area contributed by atoms with Crippen molar-refractivity contribution in [3.8, 4) is 0 Å². The van der Waals surface area contributed by atoms with E-state index in [0.717, 1.165) is 16.1 Å². The lowest BCUT2D eigenvalue weighted by Crippen LogP contribution is -2.22. The van der Waals surface area contributed by atoms with Crippen LogP contribution in [-0.4, -0.2) is 16.1 Å². The summed E-state index contributed by atoms with van der Waals surface area (Å²) in [6, 6.07) is 13.8. The first-order chi connectivity index (χ1) is 10.5. The number of hydrogen-bond acceptors (Lipinski definition) is 4. The Hall–Kier alpha value is -2.34. The van der Waals surface area contributed by atoms with Crippen molar-refractivity contribution in [3.05, 3.63) is 64.2 Å². The van der Waals surface area contributed by atoms with E-state index in [9.17, 15) is 14.9 Å². The average molecular weight is 316 g/mol. The van der Waals surface area contributed by atoms with Crippen molar-refractivity contribution in [1.29, 1.82) is 0 Å². The van der Waals surface area contributed by atoms with Gasteiger partial charge in [0.25, 0.3) is 5.69 Å². The molecule has 1 atom stereocenters. The number of nitro groups is 1. The Morgan fingerprint density at radius 2 is 1.82 bits per heavy atom. The fourth-order valence-electron chi connectivity index (χ4n) is 1.85. The largest absolute Gasteiger partial charge is 0.325 e. The third-order valence-corrected chi connectivity index (χ3v) is 4.24. The summed E-state index contributed by atoms with van der Waals surface area (Å²) < 4.78 is 0. The van der Waals surface area contributed by atoms with Crippen LogP contribution in [0.25, 0.3) is 0 Å². The lowest BCUT2D eigenvalue weighted by atomic mass is 10.2. The van der Waals surface area contributed by atoms with Gasteiger partial charge in [-0.1, -0.05) is 18.2 Å². The van der Waals surface area contributed by atoms with Gasteiger partial charge < -0.3 is 5.32 Å². The molecule has 5 nitrogen and oxygen atoms in total. The van der Waals surface area contributed by atoms with Gasteiger partial charge in [-0.15, -0.1) is 11.8 Å². The standard InChI is InChI=1S/C16H16N2O3S/c1-11-5-3-4-6-15(11)17-16(19)12(2)22-14-9-7-13(8-10-14)18(20)21/h3-10,12H,1-2H3,(H,17,19)/t12-/m1/s1. The number of non-ortho nitro benzene ring substituents is 1. The Morgan fingerprint density at radius 3 is 2.41 bits per heavy atom. The first-order valence-corrected chi connectivity index (χ1v) is 7.63. The van der Waals surface area contributed by atoms with Crippen LogP contribution in [-0.2, 0) is 4.79 Å². The first kappa shape index (κ1) is 16.0. The summed E-state index contributed by atoms with van der Waals surface area (Å²) in [6.45, 7) is 3.74. The van der Waals surface area contributed by atoms with Crippen LogP contribution >= 0.6 is 11.8 Å². The monoisotopic (exact) mass is 316 g/mol. The van der Waals surface area contributed by atoms with Gasteiger partial charge in [0.1, 0.15) is 0 Å². The van der Waals surface area contributed by atoms with E-state index in [1.54, 1.807) is 19.1 Å². The Bertz CT molecular complexity index is 686. The van der Waals surface area contributed by atoms with Gasteiger partial charge in [0.05, 0.1) is 10.2 Å². The molecule has 114 valence electrons. The molecule has 0 unspecified atom stereocenters. The van der Waals surface area contributed by atoms with E-state index >= 15 is 0 Å². The molecule has 0 aliphatic carbocycles. The summed E-state index contributed by atoms with van der Waals surface area (Å²) in [7, 11) is 0. The van der Waals surface area contributed by atoms with E-state index in [-0.39, 0.29) is 16.8 Å². The minimum Gasteiger partial charge on any atom is -0.325 e. The lowest BCUT2D eigenvalue weighted by Gasteiger charge is -2.13. The van der Waals surface area contributed by atoms with Gasteiger partial charge >= 0.3 is 0 Å². The van der Waals surface area contributed by atoms with Crippen LogP contribution in [0.1, 0.15) is 12.5 Å². The van der Waals surface area contributed by atoms with Crippen molar-refractivity contribution in [3.63, 3.8) is 0 Å². The lowest BCUT2D eigenvalue weighted by molar-refractivity contribution is -0.384. The Morgan fingerprint density at radius 1 is 1.18 bits per heavy atom. The third kappa shape index (κ3) is 4.08. The van der Waals surface area contributed by atoms with Gasteiger partial charge in [-0.3, -0.25) is 14.9 Å². The van der Waals surface area contributed by atoms with Crippen molar-refractivity contribution in [1.82, 2.24) is 0 Å². The van der Waals surface area contributed by atoms with Crippen molar-refractivity contribution in [2.75, 3.05) is 5.32 Å². The number of nitrogens with zero attached hydrogens (tertiary/aromatic N) is 1. The van der Waals surface area contributed by atoms with Gasteiger partial charge in [0.2, 0.25) is 5.91 Å². The number of carbonyl (C=O) groups is 1. The molecule has 0 fully saturated rings. The predicted octanol–water partition coefficient (Wildman–Crippen LogP) is 4.02. The fraction of sp³-hybridized carbons (Fsp3) is 0.188. The van der Waals surface area contributed by atoms with E-state index in [1.165, 1.54) is 23.9 Å². The molecule has 0 aliphatic rings. The van der Waals surface area contributed by atoms with Crippen molar-refractivity contribution >= 4 is 29.0 Å². The van der Waals surface area contributed by atoms with Crippen LogP contribution in [0.2, 0.25) is 0 Å². The van der Waals surface area contributed by atoms with Gasteiger partial charge in [-0.2, -0.15) is 0 Å². The maximum atomic E-state index is 12.2. The molecule has 2 rings (SSSR count). The van der Waals surface area contributed by atoms with Gasteiger partial charge in [-0.05, 0) is 37.6 Å². The zero-order valence-electron chi connectivity index (χ0n) is 12.3. The summed E-state index contributed by atoms with van der Waals surface area (Å²) in [5.74, 6) is -0.0994. The van der Waals surface area contributed by atoms with E-state index in [2.05, 4.69) is 5.32 Å². The molecule has 2 aromatic carbocycles. The maximum Gasteiger partial charge on any atom is 0.269 e. The molecule has 6 heteroatoms. The number of aryl methyl sites for hydroxylation is 1. The van der Waals surface area contributed by atoms with Crippen molar-refractivity contribution in [2.24, 2.45) is 0 Å². The number of nitrogens with one attached hydrogen (secondary N) is 1. The number of para-hydroxylation sites is 1. The molecule has 1 N–H and O–H groups in total. The molecule has 0 aromatic heterocycles. The molecule has 0 aliphatic heterocycles. The second-order valence-corrected chi connectivity index (χ2v) is 6.23. The molecular formula is C16H16N2O3S. The van der Waals surface area contributed by atoms with Crippen molar-refractivity contribution in [2.45, 2.75) is 24.0 Å². The van der Waals surface area contributed by atoms with E-state index < -0.39 is 4.92 Å². The zero-order chi connectivity index (χ0) is 16.1. The highest BCUT2D eigenvalue weighted by molar-refractivity contribution is 8.00. The highest BCUT2D eigenvalue weighted by Crippen LogP contribution is 2.26. The smallest absolute Gasteiger partial charge is 0.269 e. The normalized spacial score (nSPS) is 11.7. The SMILES string of the molecule is Cc1ccccc1NC(=O)[C@@H](C)Sc1ccc([N+](=O)[O-])cc1. The molecule has 0 saturated heterocycles. The molecule has 0 bridgehead atoms. The Kier molecular flexibility index (Phi) is 5.16. The van der Waals surface area contributed by atoms with Crippen LogP contribution in [0.15, 0.2) is 53.4 Å². The second-order valence-electron chi connectivity index (χ2n) is 4.82. The maximum absolute atomic E-state index is 12.2. The highest BCUT2D eigenvalue weighted by Gasteiger charge is 2.16. The minimum absolute atomic E-state index is 0.0429. The molecular weight excluding hydrogens is 300 g/mol. The van der Waals surface area contributed by atoms with Crippen LogP contribution in [0, 0.1) is 17.0 Å². The summed E-state index contributed by atoms with van der Waals surface area (Å²) in [4.78, 5) is 23.2. The summed E-state index contributed by atoms with van der Waals surface area (Å²) in [5, 5.41) is 13.2. The predicted molar refractivity (Wildman–Crippen MR) is 88.2 cm³/mol. The number of hydrogen-bond donors (Lipinski definition) is 1. The molecule has 1 amide bonds. The zero-order valence-corrected chi connectivity index (χ0v) is 13.1. The fourth-order valence-corrected chi connectivity index (χ4v) is 2.72. The number of rotatable bonds is 5.